The molecule has 2 aromatic rings. The normalized spacial score (nSPS) is 13.6. The standard InChI is InChI=1S/C19H19BrN2O3.C2HF3O2/c20-14-6-4-13(5-7-14)18(23)21-17-9-8-15(12-16(17)19(24)25)22-10-2-1-3-11-22;3-2(4,5)1(6)7/h4-9,12H,1-3,10-11H2,(H,21,23)(H,24,25);(H,6,7). The number of nitrogens with one attached hydrogen (secondary N) is 1. The van der Waals surface area contributed by atoms with Gasteiger partial charge in [0.05, 0.1) is 11.3 Å². The first kappa shape index (κ1) is 25.2. The molecule has 0 radical (unpaired) electrons. The molecular formula is C21H20BrF3N2O5. The van der Waals surface area contributed by atoms with E-state index in [-0.39, 0.29) is 11.5 Å². The number of nitrogens with zero attached hydrogens (tertiary/aromatic N) is 1. The molecule has 0 aromatic heterocycles. The molecule has 0 bridgehead atoms. The number of aromatic carboxylic acids is 1. The number of carboxylic acids is 2. The summed E-state index contributed by atoms with van der Waals surface area (Å²) in [5, 5.41) is 19.4. The molecule has 7 nitrogen and oxygen atoms in total. The second-order valence-electron chi connectivity index (χ2n) is 6.85. The fourth-order valence-electron chi connectivity index (χ4n) is 2.96. The van der Waals surface area contributed by atoms with Crippen LogP contribution in [0.25, 0.3) is 0 Å². The Morgan fingerprint density at radius 2 is 1.50 bits per heavy atom. The fraction of sp³-hybridized carbons (Fsp3) is 0.286. The lowest BCUT2D eigenvalue weighted by Crippen LogP contribution is -2.29. The van der Waals surface area contributed by atoms with Crippen LogP contribution in [0, 0.1) is 0 Å². The van der Waals surface area contributed by atoms with Gasteiger partial charge in [0.1, 0.15) is 0 Å². The first-order valence-corrected chi connectivity index (χ1v) is 10.3. The van der Waals surface area contributed by atoms with Gasteiger partial charge in [-0.25, -0.2) is 9.59 Å². The summed E-state index contributed by atoms with van der Waals surface area (Å²) < 4.78 is 32.6. The summed E-state index contributed by atoms with van der Waals surface area (Å²) in [7, 11) is 0. The highest BCUT2D eigenvalue weighted by Crippen LogP contribution is 2.26. The number of carbonyl (C=O) groups excluding carboxylic acids is 1. The minimum Gasteiger partial charge on any atom is -0.478 e. The largest absolute Gasteiger partial charge is 0.490 e. The molecule has 0 saturated carbocycles. The number of piperidine rings is 1. The summed E-state index contributed by atoms with van der Waals surface area (Å²) >= 11 is 3.32. The minimum atomic E-state index is -5.08. The van der Waals surface area contributed by atoms with Crippen molar-refractivity contribution in [3.8, 4) is 0 Å². The van der Waals surface area contributed by atoms with Gasteiger partial charge in [-0.2, -0.15) is 13.2 Å². The van der Waals surface area contributed by atoms with Crippen molar-refractivity contribution in [3.05, 3.63) is 58.1 Å². The van der Waals surface area contributed by atoms with Crippen molar-refractivity contribution in [1.82, 2.24) is 0 Å². The third-order valence-electron chi connectivity index (χ3n) is 4.55. The minimum absolute atomic E-state index is 0.105. The molecule has 11 heteroatoms. The Hall–Kier alpha value is -3.08. The molecule has 1 fully saturated rings. The first-order chi connectivity index (χ1) is 15.0. The van der Waals surface area contributed by atoms with E-state index in [4.69, 9.17) is 9.90 Å². The monoisotopic (exact) mass is 516 g/mol. The van der Waals surface area contributed by atoms with E-state index in [0.29, 0.717) is 11.3 Å². The first-order valence-electron chi connectivity index (χ1n) is 9.48. The van der Waals surface area contributed by atoms with E-state index >= 15 is 0 Å². The van der Waals surface area contributed by atoms with Gasteiger partial charge in [0, 0.05) is 28.8 Å². The van der Waals surface area contributed by atoms with E-state index in [1.165, 1.54) is 6.42 Å². The number of amides is 1. The number of hydrogen-bond acceptors (Lipinski definition) is 4. The molecule has 0 unspecified atom stereocenters. The van der Waals surface area contributed by atoms with Gasteiger partial charge in [-0.1, -0.05) is 15.9 Å². The van der Waals surface area contributed by atoms with Crippen LogP contribution < -0.4 is 10.2 Å². The van der Waals surface area contributed by atoms with Crippen LogP contribution >= 0.6 is 15.9 Å². The lowest BCUT2D eigenvalue weighted by atomic mass is 10.1. The van der Waals surface area contributed by atoms with Gasteiger partial charge in [0.15, 0.2) is 0 Å². The molecule has 1 aliphatic rings. The number of hydrogen-bond donors (Lipinski definition) is 3. The summed E-state index contributed by atoms with van der Waals surface area (Å²) in [4.78, 5) is 35.1. The summed E-state index contributed by atoms with van der Waals surface area (Å²) in [5.41, 5.74) is 1.77. The third-order valence-corrected chi connectivity index (χ3v) is 5.08. The van der Waals surface area contributed by atoms with E-state index in [2.05, 4.69) is 26.1 Å². The lowest BCUT2D eigenvalue weighted by Gasteiger charge is -2.29. The highest BCUT2D eigenvalue weighted by atomic mass is 79.9. The van der Waals surface area contributed by atoms with Crippen molar-refractivity contribution in [2.75, 3.05) is 23.3 Å². The molecular weight excluding hydrogens is 497 g/mol. The number of anilines is 2. The number of aliphatic carboxylic acids is 1. The van der Waals surface area contributed by atoms with Gasteiger partial charge in [0.2, 0.25) is 0 Å². The number of carboxylic acid groups (broad SMARTS) is 2. The van der Waals surface area contributed by atoms with Gasteiger partial charge in [-0.3, -0.25) is 4.79 Å². The Labute approximate surface area is 190 Å². The van der Waals surface area contributed by atoms with E-state index in [1.54, 1.807) is 36.4 Å². The van der Waals surface area contributed by atoms with Gasteiger partial charge < -0.3 is 20.4 Å². The van der Waals surface area contributed by atoms with E-state index in [9.17, 15) is 27.9 Å². The van der Waals surface area contributed by atoms with E-state index in [1.807, 2.05) is 6.07 Å². The van der Waals surface area contributed by atoms with Crippen molar-refractivity contribution < 1.29 is 37.8 Å². The van der Waals surface area contributed by atoms with E-state index < -0.39 is 18.1 Å². The molecule has 1 heterocycles. The quantitative estimate of drug-likeness (QED) is 0.526. The number of benzene rings is 2. The van der Waals surface area contributed by atoms with Crippen LogP contribution in [0.3, 0.4) is 0 Å². The topological polar surface area (TPSA) is 107 Å². The van der Waals surface area contributed by atoms with Gasteiger partial charge in [-0.05, 0) is 61.7 Å². The molecule has 1 aliphatic heterocycles. The number of halogens is 4. The van der Waals surface area contributed by atoms with Gasteiger partial charge >= 0.3 is 18.1 Å². The predicted molar refractivity (Wildman–Crippen MR) is 115 cm³/mol. The zero-order valence-corrected chi connectivity index (χ0v) is 18.2. The average molecular weight is 517 g/mol. The van der Waals surface area contributed by atoms with Crippen LogP contribution in [-0.4, -0.2) is 47.3 Å². The highest BCUT2D eigenvalue weighted by Gasteiger charge is 2.38. The van der Waals surface area contributed by atoms with Gasteiger partial charge in [-0.15, -0.1) is 0 Å². The molecule has 3 rings (SSSR count). The highest BCUT2D eigenvalue weighted by molar-refractivity contribution is 9.10. The second kappa shape index (κ2) is 11.0. The fourth-order valence-corrected chi connectivity index (χ4v) is 3.23. The molecule has 1 saturated heterocycles. The summed E-state index contributed by atoms with van der Waals surface area (Å²) in [5.74, 6) is -4.14. The van der Waals surface area contributed by atoms with Crippen LogP contribution in [0.1, 0.15) is 40.0 Å². The van der Waals surface area contributed by atoms with Crippen molar-refractivity contribution in [2.24, 2.45) is 0 Å². The maximum atomic E-state index is 12.4. The molecule has 32 heavy (non-hydrogen) atoms. The number of rotatable bonds is 4. The molecule has 0 atom stereocenters. The molecule has 3 N–H and O–H groups in total. The van der Waals surface area contributed by atoms with Crippen molar-refractivity contribution in [1.29, 1.82) is 0 Å². The maximum absolute atomic E-state index is 12.4. The average Bonchev–Trinajstić information content (AvgIpc) is 2.74. The molecule has 1 amide bonds. The summed E-state index contributed by atoms with van der Waals surface area (Å²) in [6, 6.07) is 12.1. The van der Waals surface area contributed by atoms with Crippen LogP contribution in [0.15, 0.2) is 46.9 Å². The molecule has 0 aliphatic carbocycles. The van der Waals surface area contributed by atoms with Crippen LogP contribution in [0.5, 0.6) is 0 Å². The second-order valence-corrected chi connectivity index (χ2v) is 7.76. The summed E-state index contributed by atoms with van der Waals surface area (Å²) in [6.07, 6.45) is -1.64. The van der Waals surface area contributed by atoms with Crippen LogP contribution in [-0.2, 0) is 4.79 Å². The molecule has 0 spiro atoms. The Bertz CT molecular complexity index is 974. The van der Waals surface area contributed by atoms with Crippen molar-refractivity contribution in [2.45, 2.75) is 25.4 Å². The Kier molecular flexibility index (Phi) is 8.64. The summed E-state index contributed by atoms with van der Waals surface area (Å²) in [6.45, 7) is 1.87. The number of alkyl halides is 3. The SMILES string of the molecule is O=C(Nc1ccc(N2CCCCC2)cc1C(=O)O)c1ccc(Br)cc1.O=C(O)C(F)(F)F. The lowest BCUT2D eigenvalue weighted by molar-refractivity contribution is -0.192. The Balaban J connectivity index is 0.000000451. The molecule has 2 aromatic carbocycles. The zero-order chi connectivity index (χ0) is 23.9. The zero-order valence-electron chi connectivity index (χ0n) is 16.7. The Morgan fingerprint density at radius 1 is 0.938 bits per heavy atom. The Morgan fingerprint density at radius 3 is 2.00 bits per heavy atom. The molecule has 172 valence electrons. The van der Waals surface area contributed by atoms with Crippen molar-refractivity contribution >= 4 is 45.2 Å². The van der Waals surface area contributed by atoms with Gasteiger partial charge in [0.25, 0.3) is 5.91 Å². The predicted octanol–water partition coefficient (Wildman–Crippen LogP) is 5.02. The maximum Gasteiger partial charge on any atom is 0.490 e. The van der Waals surface area contributed by atoms with Crippen molar-refractivity contribution in [3.63, 3.8) is 0 Å². The third kappa shape index (κ3) is 7.26. The van der Waals surface area contributed by atoms with Crippen LogP contribution in [0.4, 0.5) is 24.5 Å². The number of carbonyl (C=O) groups is 3. The van der Waals surface area contributed by atoms with E-state index in [0.717, 1.165) is 36.1 Å². The van der Waals surface area contributed by atoms with Crippen LogP contribution in [0.2, 0.25) is 0 Å². The smallest absolute Gasteiger partial charge is 0.478 e.